The molecular weight excluding hydrogens is 414 g/mol. The Bertz CT molecular complexity index is 963. The molecule has 10 heteroatoms. The lowest BCUT2D eigenvalue weighted by atomic mass is 10.0. The van der Waals surface area contributed by atoms with Gasteiger partial charge in [0, 0.05) is 55.4 Å². The van der Waals surface area contributed by atoms with Crippen LogP contribution in [0, 0.1) is 4.64 Å². The molecule has 3 rings (SSSR count). The number of amides is 1. The minimum absolute atomic E-state index is 0.293. The second-order valence-electron chi connectivity index (χ2n) is 7.80. The number of pyridine rings is 1. The lowest BCUT2D eigenvalue weighted by molar-refractivity contribution is -0.113. The van der Waals surface area contributed by atoms with Gasteiger partial charge in [0.25, 0.3) is 0 Å². The molecule has 0 aliphatic carbocycles. The number of carbonyl (C=O) groups is 1. The van der Waals surface area contributed by atoms with Crippen LogP contribution in [0.4, 0.5) is 5.82 Å². The smallest absolute Gasteiger partial charge is 0.243 e. The summed E-state index contributed by atoms with van der Waals surface area (Å²) in [6.07, 6.45) is 7.53. The van der Waals surface area contributed by atoms with Crippen LogP contribution in [0.1, 0.15) is 49.2 Å². The maximum atomic E-state index is 11.3. The van der Waals surface area contributed by atoms with Crippen LogP contribution in [0.3, 0.4) is 0 Å². The van der Waals surface area contributed by atoms with Crippen LogP contribution in [0.5, 0.6) is 0 Å². The molecule has 0 spiro atoms. The van der Waals surface area contributed by atoms with Gasteiger partial charge < -0.3 is 36.8 Å². The second-order valence-corrected chi connectivity index (χ2v) is 8.20. The summed E-state index contributed by atoms with van der Waals surface area (Å²) in [4.78, 5) is 23.8. The summed E-state index contributed by atoms with van der Waals surface area (Å²) in [7, 11) is 0. The summed E-state index contributed by atoms with van der Waals surface area (Å²) in [6.45, 7) is 4.27. The maximum absolute atomic E-state index is 11.3. The van der Waals surface area contributed by atoms with Gasteiger partial charge in [-0.1, -0.05) is 25.6 Å². The Kier molecular flexibility index (Phi) is 7.83. The van der Waals surface area contributed by atoms with Crippen molar-refractivity contribution in [2.24, 2.45) is 11.5 Å². The molecular formula is C21H31N7O2S. The number of nitrogens with two attached hydrogens (primary N) is 2. The first kappa shape index (κ1) is 23.0. The van der Waals surface area contributed by atoms with Gasteiger partial charge in [0.05, 0.1) is 0 Å². The van der Waals surface area contributed by atoms with Crippen LogP contribution >= 0.6 is 12.2 Å². The minimum atomic E-state index is -0.646. The van der Waals surface area contributed by atoms with Crippen LogP contribution in [0.25, 0.3) is 5.70 Å². The third-order valence-corrected chi connectivity index (χ3v) is 5.78. The number of anilines is 1. The lowest BCUT2D eigenvalue weighted by Gasteiger charge is -2.34. The van der Waals surface area contributed by atoms with Gasteiger partial charge in [0.15, 0.2) is 0 Å². The molecule has 8 N–H and O–H groups in total. The topological polar surface area (TPSA) is 149 Å². The third kappa shape index (κ3) is 5.93. The van der Waals surface area contributed by atoms with Gasteiger partial charge in [0.1, 0.15) is 22.4 Å². The highest BCUT2D eigenvalue weighted by Gasteiger charge is 2.22. The number of H-pyrrole nitrogens is 2. The van der Waals surface area contributed by atoms with Crippen molar-refractivity contribution < 1.29 is 9.90 Å². The van der Waals surface area contributed by atoms with Crippen molar-refractivity contribution in [3.05, 3.63) is 46.1 Å². The highest BCUT2D eigenvalue weighted by Crippen LogP contribution is 2.25. The Morgan fingerprint density at radius 3 is 2.81 bits per heavy atom. The summed E-state index contributed by atoms with van der Waals surface area (Å²) in [6, 6.07) is 2.40. The zero-order valence-corrected chi connectivity index (χ0v) is 18.5. The number of primary amides is 1. The van der Waals surface area contributed by atoms with Crippen molar-refractivity contribution in [3.63, 3.8) is 0 Å². The van der Waals surface area contributed by atoms with Gasteiger partial charge in [0.2, 0.25) is 5.91 Å². The predicted molar refractivity (Wildman–Crippen MR) is 124 cm³/mol. The zero-order valence-electron chi connectivity index (χ0n) is 17.7. The Morgan fingerprint density at radius 2 is 2.19 bits per heavy atom. The molecule has 0 bridgehead atoms. The average Bonchev–Trinajstić information content (AvgIpc) is 3.27. The van der Waals surface area contributed by atoms with Crippen LogP contribution in [0.15, 0.2) is 24.5 Å². The van der Waals surface area contributed by atoms with E-state index in [0.717, 1.165) is 50.2 Å². The van der Waals surface area contributed by atoms with E-state index in [4.69, 9.17) is 23.7 Å². The monoisotopic (exact) mass is 445 g/mol. The standard InChI is InChI=1S/C21H31N7O2S/c1-2-3-13-10-18(27-21(31)19(13)15(22)11-17(23)30)28-8-4-14(5-9-28)26-12-16(29)20-24-6-7-25-20/h6-7,10-11,14,16,26,29H,2-5,8-9,12,22H2,1H3,(H2,23,30)(H,24,25)(H,27,31)/b15-11-. The summed E-state index contributed by atoms with van der Waals surface area (Å²) in [5, 5.41) is 13.6. The van der Waals surface area contributed by atoms with E-state index in [0.29, 0.717) is 34.3 Å². The SMILES string of the molecule is CCCc1cc(N2CCC(NCC(O)c3ncc[nH]3)CC2)[nH]c(=S)c1/C(N)=C/C(N)=O. The number of aliphatic hydroxyl groups excluding tert-OH is 1. The Morgan fingerprint density at radius 1 is 1.45 bits per heavy atom. The van der Waals surface area contributed by atoms with Crippen molar-refractivity contribution in [2.45, 2.75) is 44.8 Å². The second kappa shape index (κ2) is 10.6. The number of imidazole rings is 1. The molecule has 2 aromatic heterocycles. The van der Waals surface area contributed by atoms with E-state index >= 15 is 0 Å². The van der Waals surface area contributed by atoms with Gasteiger partial charge in [-0.05, 0) is 30.9 Å². The van der Waals surface area contributed by atoms with Crippen LogP contribution in [-0.2, 0) is 11.2 Å². The quantitative estimate of drug-likeness (QED) is 0.253. The van der Waals surface area contributed by atoms with Gasteiger partial charge >= 0.3 is 0 Å². The lowest BCUT2D eigenvalue weighted by Crippen LogP contribution is -2.44. The van der Waals surface area contributed by atoms with Crippen molar-refractivity contribution >= 4 is 29.6 Å². The molecule has 31 heavy (non-hydrogen) atoms. The molecule has 0 radical (unpaired) electrons. The van der Waals surface area contributed by atoms with E-state index in [1.54, 1.807) is 12.4 Å². The molecule has 2 aromatic rings. The fourth-order valence-electron chi connectivity index (χ4n) is 3.94. The number of rotatable bonds is 9. The van der Waals surface area contributed by atoms with Crippen LogP contribution < -0.4 is 21.7 Å². The van der Waals surface area contributed by atoms with Gasteiger partial charge in [-0.25, -0.2) is 4.98 Å². The highest BCUT2D eigenvalue weighted by atomic mass is 32.1. The molecule has 0 aromatic carbocycles. The third-order valence-electron chi connectivity index (χ3n) is 5.48. The number of nitrogens with one attached hydrogen (secondary N) is 3. The molecule has 0 saturated carbocycles. The van der Waals surface area contributed by atoms with Gasteiger partial charge in [-0.2, -0.15) is 0 Å². The molecule has 1 atom stereocenters. The zero-order chi connectivity index (χ0) is 22.4. The molecule has 1 fully saturated rings. The van der Waals surface area contributed by atoms with Crippen LogP contribution in [0.2, 0.25) is 0 Å². The number of hydrogen-bond acceptors (Lipinski definition) is 7. The number of aliphatic hydroxyl groups is 1. The fourth-order valence-corrected chi connectivity index (χ4v) is 4.29. The molecule has 3 heterocycles. The summed E-state index contributed by atoms with van der Waals surface area (Å²) in [5.41, 5.74) is 13.3. The average molecular weight is 446 g/mol. The molecule has 1 aliphatic heterocycles. The first-order valence-corrected chi connectivity index (χ1v) is 11.0. The highest BCUT2D eigenvalue weighted by molar-refractivity contribution is 7.71. The number of nitrogens with zero attached hydrogens (tertiary/aromatic N) is 2. The number of hydrogen-bond donors (Lipinski definition) is 6. The minimum Gasteiger partial charge on any atom is -0.398 e. The van der Waals surface area contributed by atoms with Crippen molar-refractivity contribution in [2.75, 3.05) is 24.5 Å². The molecule has 168 valence electrons. The first-order valence-electron chi connectivity index (χ1n) is 10.6. The summed E-state index contributed by atoms with van der Waals surface area (Å²) in [5.74, 6) is 0.939. The molecule has 1 saturated heterocycles. The molecule has 1 aliphatic rings. The van der Waals surface area contributed by atoms with E-state index < -0.39 is 12.0 Å². The van der Waals surface area contributed by atoms with Gasteiger partial charge in [-0.3, -0.25) is 4.79 Å². The predicted octanol–water partition coefficient (Wildman–Crippen LogP) is 1.50. The van der Waals surface area contributed by atoms with Crippen LogP contribution in [-0.4, -0.2) is 51.6 Å². The number of piperidine rings is 1. The Balaban J connectivity index is 1.66. The normalized spacial score (nSPS) is 16.5. The van der Waals surface area contributed by atoms with E-state index in [1.807, 2.05) is 0 Å². The maximum Gasteiger partial charge on any atom is 0.243 e. The van der Waals surface area contributed by atoms with E-state index in [1.165, 1.54) is 6.08 Å². The number of aryl methyl sites for hydroxylation is 1. The molecule has 9 nitrogen and oxygen atoms in total. The fraction of sp³-hybridized carbons (Fsp3) is 0.476. The van der Waals surface area contributed by atoms with Crippen molar-refractivity contribution in [1.82, 2.24) is 20.3 Å². The summed E-state index contributed by atoms with van der Waals surface area (Å²) < 4.78 is 0.512. The molecule has 1 unspecified atom stereocenters. The number of aromatic amines is 2. The van der Waals surface area contributed by atoms with E-state index in [-0.39, 0.29) is 0 Å². The van der Waals surface area contributed by atoms with E-state index in [2.05, 4.69) is 38.2 Å². The van der Waals surface area contributed by atoms with E-state index in [9.17, 15) is 9.90 Å². The van der Waals surface area contributed by atoms with Crippen molar-refractivity contribution in [1.29, 1.82) is 0 Å². The number of aromatic nitrogens is 3. The Labute approximate surface area is 186 Å². The molecule has 1 amide bonds. The largest absolute Gasteiger partial charge is 0.398 e. The Hall–Kier alpha value is -2.69. The van der Waals surface area contributed by atoms with Crippen molar-refractivity contribution in [3.8, 4) is 0 Å². The van der Waals surface area contributed by atoms with Gasteiger partial charge in [-0.15, -0.1) is 0 Å². The number of carbonyl (C=O) groups excluding carboxylic acids is 1. The summed E-state index contributed by atoms with van der Waals surface area (Å²) >= 11 is 5.57. The first-order chi connectivity index (χ1) is 14.9.